The number of nitro benzene ring substituents is 1. The standard InChI is InChI=1S/C27H31N3O6/c1-15(31)29-12-6-10-27(29)14-19-20(28-24(27)33)13-18(23(32)26(19,4)5)16-7-8-21-17(22(16)30(34)35)9-11-25(2,3)36-21/h7-9,11,13,19-20H,6,10,12,14H2,1-5H3,(H,28,33). The van der Waals surface area contributed by atoms with Gasteiger partial charge in [-0.05, 0) is 63.3 Å². The number of amides is 2. The number of carbonyl (C=O) groups is 3. The van der Waals surface area contributed by atoms with Crippen molar-refractivity contribution in [2.45, 2.75) is 71.1 Å². The van der Waals surface area contributed by atoms with E-state index in [1.807, 2.05) is 27.7 Å². The number of fused-ring (bicyclic) bond motifs is 2. The van der Waals surface area contributed by atoms with E-state index in [1.54, 1.807) is 35.3 Å². The first-order chi connectivity index (χ1) is 16.8. The van der Waals surface area contributed by atoms with Gasteiger partial charge < -0.3 is 15.0 Å². The third-order valence-electron chi connectivity index (χ3n) is 8.36. The van der Waals surface area contributed by atoms with Crippen molar-refractivity contribution in [3.63, 3.8) is 0 Å². The van der Waals surface area contributed by atoms with Crippen molar-refractivity contribution in [2.24, 2.45) is 11.3 Å². The molecule has 1 aromatic carbocycles. The molecule has 0 aromatic heterocycles. The maximum Gasteiger partial charge on any atom is 0.288 e. The number of ketones is 1. The third-order valence-corrected chi connectivity index (χ3v) is 8.36. The molecule has 3 atom stereocenters. The SMILES string of the molecule is CC(=O)N1CCCC12CC1C(C=C(c3ccc4c(c3[N+](=O)[O-])C=CC(C)(C)O4)C(=O)C1(C)C)NC2=O. The Morgan fingerprint density at radius 1 is 1.22 bits per heavy atom. The van der Waals surface area contributed by atoms with Gasteiger partial charge >= 0.3 is 0 Å². The highest BCUT2D eigenvalue weighted by Crippen LogP contribution is 2.51. The molecule has 3 heterocycles. The lowest BCUT2D eigenvalue weighted by Gasteiger charge is -2.51. The van der Waals surface area contributed by atoms with Crippen LogP contribution in [-0.2, 0) is 14.4 Å². The topological polar surface area (TPSA) is 119 Å². The quantitative estimate of drug-likeness (QED) is 0.496. The summed E-state index contributed by atoms with van der Waals surface area (Å²) in [4.78, 5) is 53.0. The summed E-state index contributed by atoms with van der Waals surface area (Å²) in [5, 5.41) is 15.3. The van der Waals surface area contributed by atoms with Crippen molar-refractivity contribution in [3.8, 4) is 5.75 Å². The molecule has 1 N–H and O–H groups in total. The summed E-state index contributed by atoms with van der Waals surface area (Å²) in [7, 11) is 0. The molecule has 1 aliphatic carbocycles. The summed E-state index contributed by atoms with van der Waals surface area (Å²) >= 11 is 0. The second-order valence-electron chi connectivity index (χ2n) is 11.4. The zero-order valence-corrected chi connectivity index (χ0v) is 21.2. The van der Waals surface area contributed by atoms with Crippen LogP contribution in [0.3, 0.4) is 0 Å². The van der Waals surface area contributed by atoms with E-state index in [4.69, 9.17) is 4.74 Å². The Morgan fingerprint density at radius 3 is 2.61 bits per heavy atom. The molecule has 0 bridgehead atoms. The largest absolute Gasteiger partial charge is 0.483 e. The van der Waals surface area contributed by atoms with Gasteiger partial charge in [-0.2, -0.15) is 0 Å². The number of likely N-dealkylation sites (tertiary alicyclic amines) is 1. The molecule has 3 unspecified atom stereocenters. The van der Waals surface area contributed by atoms with Crippen LogP contribution < -0.4 is 10.1 Å². The molecule has 5 rings (SSSR count). The van der Waals surface area contributed by atoms with E-state index in [1.165, 1.54) is 6.92 Å². The maximum absolute atomic E-state index is 13.9. The fourth-order valence-corrected chi connectivity index (χ4v) is 6.46. The summed E-state index contributed by atoms with van der Waals surface area (Å²) in [5.41, 5.74) is -1.91. The van der Waals surface area contributed by atoms with Gasteiger partial charge in [0.05, 0.1) is 22.1 Å². The number of piperidine rings is 1. The monoisotopic (exact) mass is 493 g/mol. The Bertz CT molecular complexity index is 1280. The number of carbonyl (C=O) groups excluding carboxylic acids is 3. The summed E-state index contributed by atoms with van der Waals surface area (Å²) in [6, 6.07) is 2.74. The van der Waals surface area contributed by atoms with Crippen molar-refractivity contribution in [3.05, 3.63) is 45.5 Å². The van der Waals surface area contributed by atoms with Gasteiger partial charge in [0, 0.05) is 24.5 Å². The van der Waals surface area contributed by atoms with E-state index in [0.29, 0.717) is 30.7 Å². The minimum absolute atomic E-state index is 0.152. The number of hydrogen-bond donors (Lipinski definition) is 1. The molecule has 2 amide bonds. The normalized spacial score (nSPS) is 29.7. The van der Waals surface area contributed by atoms with Crippen LogP contribution in [0.15, 0.2) is 24.3 Å². The van der Waals surface area contributed by atoms with E-state index in [2.05, 4.69) is 5.32 Å². The Morgan fingerprint density at radius 2 is 1.94 bits per heavy atom. The molecule has 4 aliphatic rings. The Kier molecular flexibility index (Phi) is 5.21. The summed E-state index contributed by atoms with van der Waals surface area (Å²) < 4.78 is 5.92. The second-order valence-corrected chi connectivity index (χ2v) is 11.4. The van der Waals surface area contributed by atoms with E-state index in [9.17, 15) is 24.5 Å². The number of Topliss-reactive ketones (excluding diaryl/α,β-unsaturated/α-hetero) is 1. The number of benzene rings is 1. The average Bonchev–Trinajstić information content (AvgIpc) is 3.21. The van der Waals surface area contributed by atoms with Crippen LogP contribution in [0, 0.1) is 21.4 Å². The molecular formula is C27H31N3O6. The van der Waals surface area contributed by atoms with E-state index in [-0.39, 0.29) is 40.3 Å². The van der Waals surface area contributed by atoms with Crippen molar-refractivity contribution >= 4 is 34.9 Å². The van der Waals surface area contributed by atoms with E-state index in [0.717, 1.165) is 6.42 Å². The summed E-state index contributed by atoms with van der Waals surface area (Å²) in [6.45, 7) is 9.36. The maximum atomic E-state index is 13.9. The lowest BCUT2D eigenvalue weighted by atomic mass is 9.59. The van der Waals surface area contributed by atoms with Crippen molar-refractivity contribution in [1.82, 2.24) is 10.2 Å². The lowest BCUT2D eigenvalue weighted by molar-refractivity contribution is -0.385. The van der Waals surface area contributed by atoms with Gasteiger partial charge in [-0.15, -0.1) is 0 Å². The van der Waals surface area contributed by atoms with Crippen LogP contribution in [0.25, 0.3) is 11.6 Å². The lowest BCUT2D eigenvalue weighted by Crippen LogP contribution is -2.67. The highest BCUT2D eigenvalue weighted by atomic mass is 16.6. The Hall–Kier alpha value is -3.49. The first-order valence-electron chi connectivity index (χ1n) is 12.3. The van der Waals surface area contributed by atoms with E-state index < -0.39 is 27.5 Å². The van der Waals surface area contributed by atoms with Crippen LogP contribution in [-0.4, -0.2) is 51.1 Å². The fraction of sp³-hybridized carbons (Fsp3) is 0.519. The Labute approximate surface area is 209 Å². The molecule has 36 heavy (non-hydrogen) atoms. The van der Waals surface area contributed by atoms with Crippen LogP contribution in [0.4, 0.5) is 5.69 Å². The van der Waals surface area contributed by atoms with Gasteiger partial charge in [-0.3, -0.25) is 24.5 Å². The van der Waals surface area contributed by atoms with Gasteiger partial charge in [-0.25, -0.2) is 0 Å². The third kappa shape index (κ3) is 3.39. The number of ether oxygens (including phenoxy) is 1. The predicted molar refractivity (Wildman–Crippen MR) is 133 cm³/mol. The van der Waals surface area contributed by atoms with Crippen molar-refractivity contribution in [2.75, 3.05) is 6.54 Å². The van der Waals surface area contributed by atoms with Gasteiger partial charge in [0.15, 0.2) is 5.78 Å². The van der Waals surface area contributed by atoms with Crippen LogP contribution in [0.2, 0.25) is 0 Å². The number of nitrogens with one attached hydrogen (secondary N) is 1. The molecule has 9 nitrogen and oxygen atoms in total. The molecule has 2 fully saturated rings. The van der Waals surface area contributed by atoms with Crippen LogP contribution in [0.1, 0.15) is 65.0 Å². The predicted octanol–water partition coefficient (Wildman–Crippen LogP) is 3.66. The molecule has 0 radical (unpaired) electrons. The minimum Gasteiger partial charge on any atom is -0.483 e. The van der Waals surface area contributed by atoms with Crippen molar-refractivity contribution < 1.29 is 24.0 Å². The number of nitro groups is 1. The molecule has 0 saturated carbocycles. The molecule has 2 saturated heterocycles. The average molecular weight is 494 g/mol. The van der Waals surface area contributed by atoms with Crippen LogP contribution in [0.5, 0.6) is 5.75 Å². The summed E-state index contributed by atoms with van der Waals surface area (Å²) in [5.74, 6) is -0.466. The van der Waals surface area contributed by atoms with Gasteiger partial charge in [-0.1, -0.05) is 19.9 Å². The molecule has 9 heteroatoms. The van der Waals surface area contributed by atoms with Crippen molar-refractivity contribution in [1.29, 1.82) is 0 Å². The number of allylic oxidation sites excluding steroid dienone is 1. The fourth-order valence-electron chi connectivity index (χ4n) is 6.46. The van der Waals surface area contributed by atoms with Gasteiger partial charge in [0.1, 0.15) is 16.9 Å². The highest BCUT2D eigenvalue weighted by molar-refractivity contribution is 6.25. The molecule has 3 aliphatic heterocycles. The zero-order chi connectivity index (χ0) is 26.2. The number of hydrogen-bond acceptors (Lipinski definition) is 6. The smallest absolute Gasteiger partial charge is 0.288 e. The summed E-state index contributed by atoms with van der Waals surface area (Å²) in [6.07, 6.45) is 6.76. The van der Waals surface area contributed by atoms with E-state index >= 15 is 0 Å². The number of rotatable bonds is 2. The minimum atomic E-state index is -0.956. The first-order valence-corrected chi connectivity index (χ1v) is 12.3. The second kappa shape index (κ2) is 7.75. The molecule has 1 aromatic rings. The first kappa shape index (κ1) is 24.2. The van der Waals surface area contributed by atoms with Gasteiger partial charge in [0.25, 0.3) is 5.69 Å². The van der Waals surface area contributed by atoms with Gasteiger partial charge in [0.2, 0.25) is 11.8 Å². The number of nitrogens with zero attached hydrogens (tertiary/aromatic N) is 2. The molecular weight excluding hydrogens is 462 g/mol. The zero-order valence-electron chi connectivity index (χ0n) is 21.2. The molecule has 1 spiro atoms. The Balaban J connectivity index is 1.61. The molecule has 190 valence electrons. The van der Waals surface area contributed by atoms with Crippen LogP contribution >= 0.6 is 0 Å². The highest BCUT2D eigenvalue weighted by Gasteiger charge is 2.59.